The number of nitriles is 1. The van der Waals surface area contributed by atoms with Crippen LogP contribution in [0.2, 0.25) is 0 Å². The average molecular weight is 322 g/mol. The first kappa shape index (κ1) is 15.2. The van der Waals surface area contributed by atoms with Gasteiger partial charge in [-0.1, -0.05) is 24.6 Å². The van der Waals surface area contributed by atoms with Crippen molar-refractivity contribution in [2.45, 2.75) is 44.2 Å². The molecule has 1 aromatic carbocycles. The minimum absolute atomic E-state index is 0.0511. The molecule has 5 heteroatoms. The molecule has 1 aromatic heterocycles. The summed E-state index contributed by atoms with van der Waals surface area (Å²) in [5.41, 5.74) is 1.74. The Hall–Kier alpha value is -2.32. The number of H-pyrrole nitrogens is 1. The molecule has 2 aliphatic rings. The van der Waals surface area contributed by atoms with E-state index in [1.54, 1.807) is 0 Å². The van der Waals surface area contributed by atoms with E-state index in [4.69, 9.17) is 0 Å². The van der Waals surface area contributed by atoms with Crippen LogP contribution in [0.5, 0.6) is 0 Å². The van der Waals surface area contributed by atoms with Gasteiger partial charge in [-0.25, -0.2) is 0 Å². The number of aromatic nitrogens is 1. The number of hydrogen-bond acceptors (Lipinski definition) is 3. The minimum Gasteiger partial charge on any atom is -0.349 e. The summed E-state index contributed by atoms with van der Waals surface area (Å²) >= 11 is 0. The predicted molar refractivity (Wildman–Crippen MR) is 92.7 cm³/mol. The second kappa shape index (κ2) is 6.29. The Morgan fingerprint density at radius 3 is 2.54 bits per heavy atom. The van der Waals surface area contributed by atoms with Gasteiger partial charge in [0, 0.05) is 36.1 Å². The quantitative estimate of drug-likeness (QED) is 0.913. The Labute approximate surface area is 141 Å². The lowest BCUT2D eigenvalue weighted by molar-refractivity contribution is 0.0692. The molecule has 2 N–H and O–H groups in total. The van der Waals surface area contributed by atoms with Crippen molar-refractivity contribution in [2.75, 3.05) is 13.1 Å². The van der Waals surface area contributed by atoms with Crippen molar-refractivity contribution < 1.29 is 4.79 Å². The molecule has 1 saturated heterocycles. The van der Waals surface area contributed by atoms with E-state index in [1.807, 2.05) is 29.2 Å². The fraction of sp³-hybridized carbons (Fsp3) is 0.474. The smallest absolute Gasteiger partial charge is 0.271 e. The monoisotopic (exact) mass is 322 g/mol. The van der Waals surface area contributed by atoms with Gasteiger partial charge in [-0.15, -0.1) is 0 Å². The third-order valence-electron chi connectivity index (χ3n) is 5.39. The van der Waals surface area contributed by atoms with Gasteiger partial charge in [0.15, 0.2) is 0 Å². The number of nitrogens with zero attached hydrogens (tertiary/aromatic N) is 2. The Morgan fingerprint density at radius 2 is 1.88 bits per heavy atom. The number of para-hydroxylation sites is 1. The van der Waals surface area contributed by atoms with Gasteiger partial charge >= 0.3 is 0 Å². The van der Waals surface area contributed by atoms with Crippen molar-refractivity contribution in [1.82, 2.24) is 15.2 Å². The Morgan fingerprint density at radius 1 is 1.17 bits per heavy atom. The summed E-state index contributed by atoms with van der Waals surface area (Å²) in [6, 6.07) is 11.0. The van der Waals surface area contributed by atoms with Crippen LogP contribution in [0.3, 0.4) is 0 Å². The summed E-state index contributed by atoms with van der Waals surface area (Å²) in [5.74, 6) is -0.0511. The minimum atomic E-state index is -0.0511. The fourth-order valence-electron chi connectivity index (χ4n) is 3.73. The molecule has 0 spiro atoms. The number of rotatable bonds is 3. The number of nitrogens with one attached hydrogen (secondary N) is 2. The summed E-state index contributed by atoms with van der Waals surface area (Å²) in [4.78, 5) is 17.9. The standard InChI is InChI=1S/C19H22N4O/c20-12-16-15-6-1-2-7-17(15)22-18(16)19(24)23-10-8-14(9-11-23)21-13-4-3-5-13/h1-2,6-7,13-14,21-22H,3-5,8-11H2. The molecule has 5 nitrogen and oxygen atoms in total. The summed E-state index contributed by atoms with van der Waals surface area (Å²) < 4.78 is 0. The third-order valence-corrected chi connectivity index (χ3v) is 5.39. The van der Waals surface area contributed by atoms with Crippen LogP contribution in [-0.2, 0) is 0 Å². The maximum Gasteiger partial charge on any atom is 0.271 e. The van der Waals surface area contributed by atoms with Gasteiger partial charge in [-0.2, -0.15) is 5.26 Å². The first-order valence-electron chi connectivity index (χ1n) is 8.82. The number of aromatic amines is 1. The van der Waals surface area contributed by atoms with Gasteiger partial charge in [0.1, 0.15) is 11.8 Å². The number of amides is 1. The Bertz CT molecular complexity index is 791. The second-order valence-electron chi connectivity index (χ2n) is 6.89. The third kappa shape index (κ3) is 2.67. The highest BCUT2D eigenvalue weighted by Crippen LogP contribution is 2.25. The largest absolute Gasteiger partial charge is 0.349 e. The lowest BCUT2D eigenvalue weighted by atomic mass is 9.91. The molecule has 1 amide bonds. The molecule has 1 saturated carbocycles. The predicted octanol–water partition coefficient (Wildman–Crippen LogP) is 2.79. The molecule has 0 bridgehead atoms. The van der Waals surface area contributed by atoms with Gasteiger partial charge < -0.3 is 15.2 Å². The van der Waals surface area contributed by atoms with E-state index in [2.05, 4.69) is 16.4 Å². The van der Waals surface area contributed by atoms with E-state index in [0.717, 1.165) is 36.8 Å². The van der Waals surface area contributed by atoms with Crippen LogP contribution in [0, 0.1) is 11.3 Å². The zero-order valence-corrected chi connectivity index (χ0v) is 13.7. The van der Waals surface area contributed by atoms with Gasteiger partial charge in [0.25, 0.3) is 5.91 Å². The highest BCUT2D eigenvalue weighted by molar-refractivity contribution is 6.02. The van der Waals surface area contributed by atoms with Crippen molar-refractivity contribution in [3.8, 4) is 6.07 Å². The van der Waals surface area contributed by atoms with E-state index in [9.17, 15) is 10.1 Å². The van der Waals surface area contributed by atoms with Crippen molar-refractivity contribution in [3.63, 3.8) is 0 Å². The van der Waals surface area contributed by atoms with E-state index < -0.39 is 0 Å². The summed E-state index contributed by atoms with van der Waals surface area (Å²) in [7, 11) is 0. The summed E-state index contributed by atoms with van der Waals surface area (Å²) in [6.07, 6.45) is 5.90. The molecule has 2 fully saturated rings. The molecule has 2 heterocycles. The van der Waals surface area contributed by atoms with Crippen LogP contribution < -0.4 is 5.32 Å². The van der Waals surface area contributed by atoms with Crippen LogP contribution >= 0.6 is 0 Å². The topological polar surface area (TPSA) is 71.9 Å². The van der Waals surface area contributed by atoms with E-state index >= 15 is 0 Å². The van der Waals surface area contributed by atoms with E-state index in [1.165, 1.54) is 19.3 Å². The SMILES string of the molecule is N#Cc1c(C(=O)N2CCC(NC3CCC3)CC2)[nH]c2ccccc12. The van der Waals surface area contributed by atoms with E-state index in [-0.39, 0.29) is 5.91 Å². The first-order chi connectivity index (χ1) is 11.8. The summed E-state index contributed by atoms with van der Waals surface area (Å²) in [6.45, 7) is 1.51. The Balaban J connectivity index is 1.47. The molecule has 124 valence electrons. The van der Waals surface area contributed by atoms with Crippen molar-refractivity contribution >= 4 is 16.8 Å². The number of likely N-dealkylation sites (tertiary alicyclic amines) is 1. The van der Waals surface area contributed by atoms with Gasteiger partial charge in [-0.3, -0.25) is 4.79 Å². The van der Waals surface area contributed by atoms with Crippen LogP contribution in [0.15, 0.2) is 24.3 Å². The molecular weight excluding hydrogens is 300 g/mol. The van der Waals surface area contributed by atoms with Gasteiger partial charge in [0.2, 0.25) is 0 Å². The first-order valence-corrected chi connectivity index (χ1v) is 8.82. The van der Waals surface area contributed by atoms with Crippen LogP contribution in [-0.4, -0.2) is 41.0 Å². The molecular formula is C19H22N4O. The molecule has 0 unspecified atom stereocenters. The highest BCUT2D eigenvalue weighted by atomic mass is 16.2. The molecule has 1 aliphatic carbocycles. The molecule has 0 radical (unpaired) electrons. The number of carbonyl (C=O) groups excluding carboxylic acids is 1. The van der Waals surface area contributed by atoms with Crippen molar-refractivity contribution in [1.29, 1.82) is 5.26 Å². The van der Waals surface area contributed by atoms with Gasteiger partial charge in [-0.05, 0) is 31.7 Å². The average Bonchev–Trinajstić information content (AvgIpc) is 2.96. The molecule has 4 rings (SSSR count). The lowest BCUT2D eigenvalue weighted by Crippen LogP contribution is -2.49. The number of hydrogen-bond donors (Lipinski definition) is 2. The molecule has 1 aliphatic heterocycles. The zero-order chi connectivity index (χ0) is 16.5. The fourth-order valence-corrected chi connectivity index (χ4v) is 3.73. The number of fused-ring (bicyclic) bond motifs is 1. The molecule has 2 aromatic rings. The lowest BCUT2D eigenvalue weighted by Gasteiger charge is -2.37. The highest BCUT2D eigenvalue weighted by Gasteiger charge is 2.29. The second-order valence-corrected chi connectivity index (χ2v) is 6.89. The van der Waals surface area contributed by atoms with E-state index in [0.29, 0.717) is 23.3 Å². The van der Waals surface area contributed by atoms with Crippen molar-refractivity contribution in [3.05, 3.63) is 35.5 Å². The normalized spacial score (nSPS) is 19.2. The Kier molecular flexibility index (Phi) is 3.99. The molecule has 24 heavy (non-hydrogen) atoms. The number of benzene rings is 1. The zero-order valence-electron chi connectivity index (χ0n) is 13.7. The van der Waals surface area contributed by atoms with Crippen molar-refractivity contribution in [2.24, 2.45) is 0 Å². The number of carbonyl (C=O) groups is 1. The maximum atomic E-state index is 12.9. The maximum absolute atomic E-state index is 12.9. The van der Waals surface area contributed by atoms with Crippen LogP contribution in [0.1, 0.15) is 48.2 Å². The van der Waals surface area contributed by atoms with Crippen LogP contribution in [0.4, 0.5) is 0 Å². The van der Waals surface area contributed by atoms with Crippen LogP contribution in [0.25, 0.3) is 10.9 Å². The summed E-state index contributed by atoms with van der Waals surface area (Å²) in [5, 5.41) is 14.0. The molecule has 0 atom stereocenters. The van der Waals surface area contributed by atoms with Gasteiger partial charge in [0.05, 0.1) is 5.56 Å². The number of piperidine rings is 1.